The Morgan fingerprint density at radius 1 is 1.33 bits per heavy atom. The van der Waals surface area contributed by atoms with Gasteiger partial charge in [0.15, 0.2) is 0 Å². The minimum atomic E-state index is -0.0709. The van der Waals surface area contributed by atoms with Gasteiger partial charge in [0.2, 0.25) is 0 Å². The first-order valence-electron chi connectivity index (χ1n) is 4.21. The van der Waals surface area contributed by atoms with Gasteiger partial charge in [0.05, 0.1) is 13.2 Å². The van der Waals surface area contributed by atoms with Crippen molar-refractivity contribution < 1.29 is 4.74 Å². The van der Waals surface area contributed by atoms with E-state index in [2.05, 4.69) is 0 Å². The van der Waals surface area contributed by atoms with Gasteiger partial charge >= 0.3 is 0 Å². The average Bonchev–Trinajstić information content (AvgIpc) is 1.94. The summed E-state index contributed by atoms with van der Waals surface area (Å²) in [6, 6.07) is 0. The largest absolute Gasteiger partial charge is 0.379 e. The van der Waals surface area contributed by atoms with E-state index in [0.717, 1.165) is 18.1 Å². The van der Waals surface area contributed by atoms with E-state index in [4.69, 9.17) is 16.2 Å². The molecule has 3 nitrogen and oxygen atoms in total. The lowest BCUT2D eigenvalue weighted by molar-refractivity contribution is 0.158. The highest BCUT2D eigenvalue weighted by molar-refractivity contribution is 7.99. The second-order valence-corrected chi connectivity index (χ2v) is 4.55. The lowest BCUT2D eigenvalue weighted by Gasteiger charge is -2.17. The molecule has 0 amide bonds. The summed E-state index contributed by atoms with van der Waals surface area (Å²) in [5.41, 5.74) is 11.0. The first kappa shape index (κ1) is 12.2. The van der Waals surface area contributed by atoms with Gasteiger partial charge in [-0.3, -0.25) is 0 Å². The molecule has 74 valence electrons. The molecule has 0 saturated heterocycles. The molecule has 0 bridgehead atoms. The highest BCUT2D eigenvalue weighted by atomic mass is 32.2. The van der Waals surface area contributed by atoms with Gasteiger partial charge in [-0.1, -0.05) is 0 Å². The van der Waals surface area contributed by atoms with E-state index in [1.165, 1.54) is 0 Å². The standard InChI is InChI=1S/C8H20N2OS/c1-8(2,10)7-12-6-5-11-4-3-9/h3-7,9-10H2,1-2H3. The van der Waals surface area contributed by atoms with Crippen LogP contribution in [0.4, 0.5) is 0 Å². The average molecular weight is 192 g/mol. The maximum atomic E-state index is 5.79. The maximum Gasteiger partial charge on any atom is 0.0589 e. The third kappa shape index (κ3) is 10.2. The smallest absolute Gasteiger partial charge is 0.0589 e. The number of ether oxygens (including phenoxy) is 1. The van der Waals surface area contributed by atoms with Crippen molar-refractivity contribution in [1.82, 2.24) is 0 Å². The minimum Gasteiger partial charge on any atom is -0.379 e. The van der Waals surface area contributed by atoms with Crippen molar-refractivity contribution >= 4 is 11.8 Å². The number of hydrogen-bond acceptors (Lipinski definition) is 4. The summed E-state index contributed by atoms with van der Waals surface area (Å²) in [6.07, 6.45) is 0. The summed E-state index contributed by atoms with van der Waals surface area (Å²) < 4.78 is 5.21. The van der Waals surface area contributed by atoms with Crippen LogP contribution in [0.5, 0.6) is 0 Å². The quantitative estimate of drug-likeness (QED) is 0.574. The molecular weight excluding hydrogens is 172 g/mol. The Bertz CT molecular complexity index is 104. The Morgan fingerprint density at radius 3 is 2.50 bits per heavy atom. The Balaban J connectivity index is 3.01. The van der Waals surface area contributed by atoms with Gasteiger partial charge in [-0.05, 0) is 13.8 Å². The van der Waals surface area contributed by atoms with E-state index in [9.17, 15) is 0 Å². The summed E-state index contributed by atoms with van der Waals surface area (Å²) in [5, 5.41) is 0. The number of rotatable bonds is 7. The molecule has 0 aromatic carbocycles. The summed E-state index contributed by atoms with van der Waals surface area (Å²) in [4.78, 5) is 0. The molecule has 0 aliphatic carbocycles. The van der Waals surface area contributed by atoms with Crippen molar-refractivity contribution in [2.75, 3.05) is 31.3 Å². The molecule has 0 aromatic rings. The van der Waals surface area contributed by atoms with E-state index < -0.39 is 0 Å². The van der Waals surface area contributed by atoms with Gasteiger partial charge in [-0.2, -0.15) is 11.8 Å². The predicted octanol–water partition coefficient (Wildman–Crippen LogP) is 0.432. The Kier molecular flexibility index (Phi) is 6.84. The van der Waals surface area contributed by atoms with E-state index in [0.29, 0.717) is 13.2 Å². The molecule has 0 atom stereocenters. The fourth-order valence-corrected chi connectivity index (χ4v) is 1.54. The zero-order valence-corrected chi connectivity index (χ0v) is 8.82. The lowest BCUT2D eigenvalue weighted by atomic mass is 10.1. The van der Waals surface area contributed by atoms with E-state index >= 15 is 0 Å². The van der Waals surface area contributed by atoms with E-state index in [1.807, 2.05) is 25.6 Å². The van der Waals surface area contributed by atoms with Crippen LogP contribution >= 0.6 is 11.8 Å². The van der Waals surface area contributed by atoms with Gasteiger partial charge < -0.3 is 16.2 Å². The SMILES string of the molecule is CC(C)(N)CSCCOCCN. The van der Waals surface area contributed by atoms with Crippen LogP contribution in [0.15, 0.2) is 0 Å². The molecule has 4 heteroatoms. The second kappa shape index (κ2) is 6.71. The molecule has 0 aliphatic heterocycles. The van der Waals surface area contributed by atoms with Gasteiger partial charge in [0.25, 0.3) is 0 Å². The molecule has 0 radical (unpaired) electrons. The molecule has 0 fully saturated rings. The second-order valence-electron chi connectivity index (χ2n) is 3.44. The maximum absolute atomic E-state index is 5.79. The van der Waals surface area contributed by atoms with Crippen LogP contribution in [0.25, 0.3) is 0 Å². The highest BCUT2D eigenvalue weighted by Gasteiger charge is 2.09. The van der Waals surface area contributed by atoms with Crippen molar-refractivity contribution in [2.24, 2.45) is 11.5 Å². The van der Waals surface area contributed by atoms with Crippen molar-refractivity contribution in [3.8, 4) is 0 Å². The first-order chi connectivity index (χ1) is 5.56. The van der Waals surface area contributed by atoms with Crippen molar-refractivity contribution in [2.45, 2.75) is 19.4 Å². The summed E-state index contributed by atoms with van der Waals surface area (Å²) >= 11 is 1.82. The minimum absolute atomic E-state index is 0.0709. The molecule has 12 heavy (non-hydrogen) atoms. The molecule has 4 N–H and O–H groups in total. The molecule has 0 unspecified atom stereocenters. The molecule has 0 rings (SSSR count). The molecule has 0 aromatic heterocycles. The van der Waals surface area contributed by atoms with Crippen LogP contribution in [0.3, 0.4) is 0 Å². The molecular formula is C8H20N2OS. The van der Waals surface area contributed by atoms with Gasteiger partial charge in [0, 0.05) is 23.6 Å². The molecule has 0 aliphatic rings. The Labute approximate surface area is 79.2 Å². The monoisotopic (exact) mass is 192 g/mol. The summed E-state index contributed by atoms with van der Waals surface area (Å²) in [5.74, 6) is 1.97. The van der Waals surface area contributed by atoms with Crippen molar-refractivity contribution in [3.63, 3.8) is 0 Å². The van der Waals surface area contributed by atoms with Crippen LogP contribution in [-0.2, 0) is 4.74 Å². The topological polar surface area (TPSA) is 61.3 Å². The Hall–Kier alpha value is 0.230. The van der Waals surface area contributed by atoms with Crippen LogP contribution < -0.4 is 11.5 Å². The van der Waals surface area contributed by atoms with Gasteiger partial charge in [-0.25, -0.2) is 0 Å². The third-order valence-corrected chi connectivity index (χ3v) is 2.51. The first-order valence-corrected chi connectivity index (χ1v) is 5.36. The summed E-state index contributed by atoms with van der Waals surface area (Å²) in [7, 11) is 0. The van der Waals surface area contributed by atoms with E-state index in [-0.39, 0.29) is 5.54 Å². The van der Waals surface area contributed by atoms with Crippen LogP contribution in [0.1, 0.15) is 13.8 Å². The van der Waals surface area contributed by atoms with Crippen LogP contribution in [0, 0.1) is 0 Å². The highest BCUT2D eigenvalue weighted by Crippen LogP contribution is 2.08. The number of nitrogens with two attached hydrogens (primary N) is 2. The zero-order chi connectivity index (χ0) is 9.45. The summed E-state index contributed by atoms with van der Waals surface area (Å²) in [6.45, 7) is 6.10. The molecule has 0 saturated carbocycles. The van der Waals surface area contributed by atoms with Crippen molar-refractivity contribution in [3.05, 3.63) is 0 Å². The zero-order valence-electron chi connectivity index (χ0n) is 8.01. The Morgan fingerprint density at radius 2 is 2.00 bits per heavy atom. The molecule has 0 heterocycles. The predicted molar refractivity (Wildman–Crippen MR) is 55.5 cm³/mol. The van der Waals surface area contributed by atoms with E-state index in [1.54, 1.807) is 0 Å². The number of thioether (sulfide) groups is 1. The number of hydrogen-bond donors (Lipinski definition) is 2. The normalized spacial score (nSPS) is 12.0. The fraction of sp³-hybridized carbons (Fsp3) is 1.00. The lowest BCUT2D eigenvalue weighted by Crippen LogP contribution is -2.34. The van der Waals surface area contributed by atoms with Crippen LogP contribution in [0.2, 0.25) is 0 Å². The molecule has 0 spiro atoms. The van der Waals surface area contributed by atoms with Gasteiger partial charge in [0.1, 0.15) is 0 Å². The fourth-order valence-electron chi connectivity index (χ4n) is 0.638. The van der Waals surface area contributed by atoms with Crippen molar-refractivity contribution in [1.29, 1.82) is 0 Å². The van der Waals surface area contributed by atoms with Crippen LogP contribution in [-0.4, -0.2) is 36.8 Å². The van der Waals surface area contributed by atoms with Gasteiger partial charge in [-0.15, -0.1) is 0 Å². The third-order valence-electron chi connectivity index (χ3n) is 1.11.